The first-order valence-corrected chi connectivity index (χ1v) is 10.4. The number of hydrogen-bond donors (Lipinski definition) is 1. The van der Waals surface area contributed by atoms with Gasteiger partial charge in [-0.3, -0.25) is 9.69 Å². The maximum absolute atomic E-state index is 12.8. The van der Waals surface area contributed by atoms with Crippen LogP contribution in [0.15, 0.2) is 24.3 Å². The summed E-state index contributed by atoms with van der Waals surface area (Å²) in [6.07, 6.45) is 3.64. The summed E-state index contributed by atoms with van der Waals surface area (Å²) in [4.78, 5) is 17.5. The third kappa shape index (κ3) is 4.75. The molecule has 5 heteroatoms. The molecule has 27 heavy (non-hydrogen) atoms. The molecule has 1 aliphatic carbocycles. The number of ether oxygens (including phenoxy) is 1. The van der Waals surface area contributed by atoms with E-state index in [9.17, 15) is 4.79 Å². The Labute approximate surface area is 164 Å². The second-order valence-electron chi connectivity index (χ2n) is 8.28. The Kier molecular flexibility index (Phi) is 6.64. The van der Waals surface area contributed by atoms with E-state index in [4.69, 9.17) is 4.74 Å². The van der Waals surface area contributed by atoms with Crippen molar-refractivity contribution in [2.24, 2.45) is 11.8 Å². The molecule has 0 aromatic heterocycles. The summed E-state index contributed by atoms with van der Waals surface area (Å²) < 4.78 is 5.24. The molecule has 2 aliphatic rings. The number of amides is 1. The fourth-order valence-corrected chi connectivity index (χ4v) is 4.42. The molecule has 0 bridgehead atoms. The Balaban J connectivity index is 1.50. The number of hydrogen-bond acceptors (Lipinski definition) is 4. The molecule has 1 saturated heterocycles. The summed E-state index contributed by atoms with van der Waals surface area (Å²) >= 11 is 0. The first-order chi connectivity index (χ1) is 13.0. The van der Waals surface area contributed by atoms with Crippen LogP contribution in [0.25, 0.3) is 0 Å². The second kappa shape index (κ2) is 8.96. The lowest BCUT2D eigenvalue weighted by molar-refractivity contribution is -0.127. The molecule has 5 nitrogen and oxygen atoms in total. The largest absolute Gasteiger partial charge is 0.497 e. The molecule has 1 aromatic carbocycles. The zero-order valence-electron chi connectivity index (χ0n) is 17.3. The number of piperazine rings is 1. The van der Waals surface area contributed by atoms with Crippen LogP contribution in [-0.4, -0.2) is 56.2 Å². The van der Waals surface area contributed by atoms with E-state index in [-0.39, 0.29) is 11.9 Å². The SMILES string of the molecule is COc1ccc(N2CCN([C@H](C)C(=O)N[C@@H]3CCC[C@H](C)[C@H]3C)CC2)cc1. The third-order valence-electron chi connectivity index (χ3n) is 6.71. The zero-order chi connectivity index (χ0) is 19.4. The Morgan fingerprint density at radius 2 is 1.78 bits per heavy atom. The monoisotopic (exact) mass is 373 g/mol. The molecule has 1 saturated carbocycles. The van der Waals surface area contributed by atoms with Gasteiger partial charge in [0.25, 0.3) is 0 Å². The molecule has 4 atom stereocenters. The average molecular weight is 374 g/mol. The van der Waals surface area contributed by atoms with Crippen LogP contribution < -0.4 is 15.0 Å². The van der Waals surface area contributed by atoms with Crippen molar-refractivity contribution in [3.05, 3.63) is 24.3 Å². The molecule has 1 amide bonds. The van der Waals surface area contributed by atoms with Crippen molar-refractivity contribution in [2.45, 2.75) is 52.1 Å². The Morgan fingerprint density at radius 1 is 1.11 bits per heavy atom. The Morgan fingerprint density at radius 3 is 2.41 bits per heavy atom. The molecule has 2 fully saturated rings. The van der Waals surface area contributed by atoms with Gasteiger partial charge >= 0.3 is 0 Å². The van der Waals surface area contributed by atoms with E-state index in [1.807, 2.05) is 12.1 Å². The summed E-state index contributed by atoms with van der Waals surface area (Å²) in [5, 5.41) is 3.34. The average Bonchev–Trinajstić information content (AvgIpc) is 2.71. The first-order valence-electron chi connectivity index (χ1n) is 10.4. The second-order valence-corrected chi connectivity index (χ2v) is 8.28. The molecule has 0 unspecified atom stereocenters. The van der Waals surface area contributed by atoms with Crippen molar-refractivity contribution < 1.29 is 9.53 Å². The van der Waals surface area contributed by atoms with E-state index in [0.717, 1.165) is 38.3 Å². The van der Waals surface area contributed by atoms with Crippen molar-refractivity contribution in [1.29, 1.82) is 0 Å². The number of carbonyl (C=O) groups is 1. The number of benzene rings is 1. The normalized spacial score (nSPS) is 27.9. The van der Waals surface area contributed by atoms with Crippen LogP contribution in [-0.2, 0) is 4.79 Å². The van der Waals surface area contributed by atoms with Gasteiger partial charge in [-0.2, -0.15) is 0 Å². The van der Waals surface area contributed by atoms with Gasteiger partial charge in [0.2, 0.25) is 5.91 Å². The molecular weight excluding hydrogens is 338 g/mol. The lowest BCUT2D eigenvalue weighted by Gasteiger charge is -2.40. The topological polar surface area (TPSA) is 44.8 Å². The number of nitrogens with one attached hydrogen (secondary N) is 1. The molecule has 150 valence electrons. The van der Waals surface area contributed by atoms with Gasteiger partial charge in [0.05, 0.1) is 13.2 Å². The fourth-order valence-electron chi connectivity index (χ4n) is 4.42. The number of rotatable bonds is 5. The first kappa shape index (κ1) is 20.0. The number of carbonyl (C=O) groups excluding carboxylic acids is 1. The Bertz CT molecular complexity index is 610. The summed E-state index contributed by atoms with van der Waals surface area (Å²) in [5.74, 6) is 2.35. The van der Waals surface area contributed by atoms with E-state index in [2.05, 4.69) is 48.0 Å². The van der Waals surface area contributed by atoms with Crippen LogP contribution in [0.5, 0.6) is 5.75 Å². The summed E-state index contributed by atoms with van der Waals surface area (Å²) in [5.41, 5.74) is 1.22. The van der Waals surface area contributed by atoms with Gasteiger partial charge in [-0.15, -0.1) is 0 Å². The van der Waals surface area contributed by atoms with Crippen LogP contribution in [0.3, 0.4) is 0 Å². The van der Waals surface area contributed by atoms with Gasteiger partial charge < -0.3 is 15.0 Å². The van der Waals surface area contributed by atoms with Gasteiger partial charge in [-0.05, 0) is 49.4 Å². The molecule has 0 radical (unpaired) electrons. The fraction of sp³-hybridized carbons (Fsp3) is 0.682. The van der Waals surface area contributed by atoms with Gasteiger partial charge in [0, 0.05) is 37.9 Å². The van der Waals surface area contributed by atoms with Crippen molar-refractivity contribution >= 4 is 11.6 Å². The van der Waals surface area contributed by atoms with Gasteiger partial charge in [-0.25, -0.2) is 0 Å². The van der Waals surface area contributed by atoms with Crippen molar-refractivity contribution in [2.75, 3.05) is 38.2 Å². The molecule has 0 spiro atoms. The molecule has 1 aromatic rings. The highest BCUT2D eigenvalue weighted by molar-refractivity contribution is 5.81. The van der Waals surface area contributed by atoms with Crippen LogP contribution in [0.4, 0.5) is 5.69 Å². The zero-order valence-corrected chi connectivity index (χ0v) is 17.3. The molecule has 1 aliphatic heterocycles. The quantitative estimate of drug-likeness (QED) is 0.861. The minimum absolute atomic E-state index is 0.0625. The lowest BCUT2D eigenvalue weighted by atomic mass is 9.78. The minimum atomic E-state index is -0.0625. The molecule has 3 rings (SSSR count). The van der Waals surface area contributed by atoms with E-state index in [0.29, 0.717) is 17.9 Å². The smallest absolute Gasteiger partial charge is 0.237 e. The highest BCUT2D eigenvalue weighted by Gasteiger charge is 2.31. The molecule has 1 heterocycles. The Hall–Kier alpha value is -1.75. The van der Waals surface area contributed by atoms with Crippen molar-refractivity contribution in [1.82, 2.24) is 10.2 Å². The van der Waals surface area contributed by atoms with Crippen LogP contribution >= 0.6 is 0 Å². The van der Waals surface area contributed by atoms with Gasteiger partial charge in [0.15, 0.2) is 0 Å². The highest BCUT2D eigenvalue weighted by atomic mass is 16.5. The third-order valence-corrected chi connectivity index (χ3v) is 6.71. The number of nitrogens with zero attached hydrogens (tertiary/aromatic N) is 2. The minimum Gasteiger partial charge on any atom is -0.497 e. The maximum atomic E-state index is 12.8. The maximum Gasteiger partial charge on any atom is 0.237 e. The molecule has 1 N–H and O–H groups in total. The summed E-state index contributed by atoms with van der Waals surface area (Å²) in [7, 11) is 1.69. The van der Waals surface area contributed by atoms with Crippen molar-refractivity contribution in [3.63, 3.8) is 0 Å². The number of anilines is 1. The van der Waals surface area contributed by atoms with E-state index in [1.165, 1.54) is 18.5 Å². The van der Waals surface area contributed by atoms with E-state index in [1.54, 1.807) is 7.11 Å². The van der Waals surface area contributed by atoms with E-state index >= 15 is 0 Å². The van der Waals surface area contributed by atoms with Crippen LogP contribution in [0, 0.1) is 11.8 Å². The number of methoxy groups -OCH3 is 1. The van der Waals surface area contributed by atoms with E-state index < -0.39 is 0 Å². The van der Waals surface area contributed by atoms with Crippen LogP contribution in [0.2, 0.25) is 0 Å². The predicted molar refractivity (Wildman–Crippen MR) is 110 cm³/mol. The van der Waals surface area contributed by atoms with Crippen LogP contribution in [0.1, 0.15) is 40.0 Å². The summed E-state index contributed by atoms with van der Waals surface area (Å²) in [6, 6.07) is 8.50. The highest BCUT2D eigenvalue weighted by Crippen LogP contribution is 2.29. The lowest BCUT2D eigenvalue weighted by Crippen LogP contribution is -2.56. The van der Waals surface area contributed by atoms with Gasteiger partial charge in [-0.1, -0.05) is 26.7 Å². The predicted octanol–water partition coefficient (Wildman–Crippen LogP) is 3.15. The summed E-state index contributed by atoms with van der Waals surface area (Å²) in [6.45, 7) is 10.4. The van der Waals surface area contributed by atoms with Gasteiger partial charge in [0.1, 0.15) is 5.75 Å². The molecular formula is C22H35N3O2. The van der Waals surface area contributed by atoms with Crippen molar-refractivity contribution in [3.8, 4) is 5.75 Å². The standard InChI is InChI=1S/C22H35N3O2/c1-16-6-5-7-21(17(16)2)23-22(26)18(3)24-12-14-25(15-13-24)19-8-10-20(27-4)11-9-19/h8-11,16-18,21H,5-7,12-15H2,1-4H3,(H,23,26)/t16-,17+,18+,21+/m0/s1.